The Morgan fingerprint density at radius 1 is 0.486 bits per heavy atom. The zero-order valence-electron chi connectivity index (χ0n) is 47.4. The van der Waals surface area contributed by atoms with E-state index in [0.29, 0.717) is 23.9 Å². The number of allylic oxidation sites excluding steroid dienone is 13. The van der Waals surface area contributed by atoms with Crippen LogP contribution in [0, 0.1) is 0 Å². The van der Waals surface area contributed by atoms with Crippen LogP contribution < -0.4 is 10.2 Å². The Balaban J connectivity index is 5.44. The van der Waals surface area contributed by atoms with E-state index in [1.165, 1.54) is 122 Å². The third-order valence-electron chi connectivity index (χ3n) is 12.5. The fraction of sp³-hybridized carbons (Fsp3) is 0.742. The Morgan fingerprint density at radius 3 is 1.32 bits per heavy atom. The van der Waals surface area contributed by atoms with Crippen LogP contribution in [0.25, 0.3) is 0 Å². The number of hydrogen-bond donors (Lipinski definition) is 1. The molecule has 0 rings (SSSR count). The third-order valence-corrected chi connectivity index (χ3v) is 13.5. The lowest BCUT2D eigenvalue weighted by Crippen LogP contribution is -2.47. The van der Waals surface area contributed by atoms with Crippen molar-refractivity contribution in [2.75, 3.05) is 40.9 Å². The van der Waals surface area contributed by atoms with Gasteiger partial charge < -0.3 is 28.5 Å². The van der Waals surface area contributed by atoms with Gasteiger partial charge in [-0.1, -0.05) is 215 Å². The maximum Gasteiger partial charge on any atom is 0.306 e. The van der Waals surface area contributed by atoms with Crippen molar-refractivity contribution in [3.8, 4) is 0 Å². The van der Waals surface area contributed by atoms with Crippen LogP contribution in [0.5, 0.6) is 0 Å². The van der Waals surface area contributed by atoms with Crippen LogP contribution in [0.15, 0.2) is 85.1 Å². The molecule has 0 aliphatic carbocycles. The smallest absolute Gasteiger partial charge is 0.306 e. The average molecular weight is 1030 g/mol. The highest BCUT2D eigenvalue weighted by atomic mass is 31.2. The molecule has 0 bridgehead atoms. The molecule has 416 valence electrons. The van der Waals surface area contributed by atoms with Crippen LogP contribution in [-0.2, 0) is 27.9 Å². The van der Waals surface area contributed by atoms with Gasteiger partial charge in [0.15, 0.2) is 0 Å². The molecule has 0 saturated carbocycles. The summed E-state index contributed by atoms with van der Waals surface area (Å²) in [6.45, 7) is 6.73. The summed E-state index contributed by atoms with van der Waals surface area (Å²) in [6, 6.07) is -0.923. The number of nitrogens with zero attached hydrogens (tertiary/aromatic N) is 1. The summed E-state index contributed by atoms with van der Waals surface area (Å²) < 4.78 is 30.2. The van der Waals surface area contributed by atoms with Crippen molar-refractivity contribution >= 4 is 19.7 Å². The summed E-state index contributed by atoms with van der Waals surface area (Å²) >= 11 is 0. The number of amides is 1. The monoisotopic (exact) mass is 1030 g/mol. The summed E-state index contributed by atoms with van der Waals surface area (Å²) in [4.78, 5) is 39.9. The second-order valence-corrected chi connectivity index (χ2v) is 22.2. The lowest BCUT2D eigenvalue weighted by atomic mass is 10.1. The zero-order chi connectivity index (χ0) is 52.9. The average Bonchev–Trinajstić information content (AvgIpc) is 3.34. The van der Waals surface area contributed by atoms with E-state index >= 15 is 0 Å². The van der Waals surface area contributed by atoms with Crippen molar-refractivity contribution in [1.82, 2.24) is 5.32 Å². The van der Waals surface area contributed by atoms with Gasteiger partial charge in [-0.25, -0.2) is 0 Å². The normalized spacial score (nSPS) is 14.4. The van der Waals surface area contributed by atoms with Crippen molar-refractivity contribution < 1.29 is 37.3 Å². The van der Waals surface area contributed by atoms with Crippen LogP contribution in [0.3, 0.4) is 0 Å². The molecular formula is C62H111N2O7P. The first-order valence-corrected chi connectivity index (χ1v) is 30.9. The van der Waals surface area contributed by atoms with E-state index in [-0.39, 0.29) is 31.3 Å². The second-order valence-electron chi connectivity index (χ2n) is 20.8. The number of hydrogen-bond acceptors (Lipinski definition) is 7. The summed E-state index contributed by atoms with van der Waals surface area (Å²) in [7, 11) is 1.14. The molecule has 72 heavy (non-hydrogen) atoms. The first-order chi connectivity index (χ1) is 34.9. The van der Waals surface area contributed by atoms with Gasteiger partial charge in [0.1, 0.15) is 19.3 Å². The number of carbonyl (C=O) groups excluding carboxylic acids is 2. The molecule has 0 aromatic carbocycles. The number of esters is 1. The number of phosphoric ester groups is 1. The highest BCUT2D eigenvalue weighted by Crippen LogP contribution is 2.38. The molecule has 1 N–H and O–H groups in total. The molecule has 3 atom stereocenters. The van der Waals surface area contributed by atoms with Gasteiger partial charge in [0.25, 0.3) is 7.82 Å². The molecule has 9 nitrogen and oxygen atoms in total. The van der Waals surface area contributed by atoms with Crippen LogP contribution in [-0.4, -0.2) is 69.4 Å². The Morgan fingerprint density at radius 2 is 0.861 bits per heavy atom. The molecule has 0 radical (unpaired) electrons. The number of quaternary nitrogens is 1. The van der Waals surface area contributed by atoms with Crippen molar-refractivity contribution in [2.45, 2.75) is 258 Å². The summed E-state index contributed by atoms with van der Waals surface area (Å²) in [5, 5.41) is 2.99. The van der Waals surface area contributed by atoms with E-state index in [1.807, 2.05) is 33.3 Å². The SMILES string of the molecule is CCCCC/C=C\C/C=C\C/C=C\C/C=C\CCCC(=O)NC(COP(=O)([O-])OCC[N+](C)(C)C)C(/C=C/CCCCCCCCCCCC)OC(=O)CCCCCCCCC/C=C\C/C=C\CCCCC. The Hall–Kier alpha value is -2.81. The Kier molecular flexibility index (Phi) is 49.6. The maximum absolute atomic E-state index is 13.5. The quantitative estimate of drug-likeness (QED) is 0.0212. The molecule has 0 aromatic rings. The molecule has 0 aromatic heterocycles. The largest absolute Gasteiger partial charge is 0.756 e. The molecular weight excluding hydrogens is 916 g/mol. The number of ether oxygens (including phenoxy) is 1. The van der Waals surface area contributed by atoms with Gasteiger partial charge in [-0.15, -0.1) is 0 Å². The minimum atomic E-state index is -4.71. The highest BCUT2D eigenvalue weighted by molar-refractivity contribution is 7.45. The highest BCUT2D eigenvalue weighted by Gasteiger charge is 2.27. The standard InChI is InChI=1S/C62H111N2O7P/c1-7-10-13-16-19-22-25-28-30-32-34-36-39-42-45-48-51-54-61(65)63-59(58-70-72(67,68)69-57-56-64(4,5)6)60(53-50-47-44-41-38-27-24-21-18-15-12-9-3)71-62(66)55-52-49-46-43-40-37-35-33-31-29-26-23-20-17-14-11-8-2/h19-20,22-23,28-31,34,36,42,45,50,53,59-60H,7-18,21,24-27,32-33,35,37-41,43-44,46-49,51-52,54-58H2,1-6H3,(H-,63,65,67,68)/b22-19-,23-20-,30-28-,31-29-,36-34-,45-42-,53-50+. The number of unbranched alkanes of at least 4 members (excludes halogenated alkanes) is 24. The van der Waals surface area contributed by atoms with Crippen LogP contribution in [0.1, 0.15) is 245 Å². The number of rotatable bonds is 52. The van der Waals surface area contributed by atoms with E-state index in [1.54, 1.807) is 0 Å². The lowest BCUT2D eigenvalue weighted by molar-refractivity contribution is -0.870. The fourth-order valence-electron chi connectivity index (χ4n) is 7.95. The Labute approximate surface area is 444 Å². The molecule has 10 heteroatoms. The minimum absolute atomic E-state index is 0.0370. The fourth-order valence-corrected chi connectivity index (χ4v) is 8.68. The van der Waals surface area contributed by atoms with E-state index in [9.17, 15) is 19.0 Å². The number of nitrogens with one attached hydrogen (secondary N) is 1. The molecule has 1 amide bonds. The van der Waals surface area contributed by atoms with E-state index < -0.39 is 26.6 Å². The molecule has 0 aliphatic rings. The second kappa shape index (κ2) is 51.7. The van der Waals surface area contributed by atoms with E-state index in [4.69, 9.17) is 13.8 Å². The number of phosphoric acid groups is 1. The van der Waals surface area contributed by atoms with Gasteiger partial charge >= 0.3 is 5.97 Å². The van der Waals surface area contributed by atoms with Crippen LogP contribution in [0.2, 0.25) is 0 Å². The van der Waals surface area contributed by atoms with Crippen molar-refractivity contribution in [2.24, 2.45) is 0 Å². The van der Waals surface area contributed by atoms with Crippen molar-refractivity contribution in [3.05, 3.63) is 85.1 Å². The van der Waals surface area contributed by atoms with Crippen LogP contribution in [0.4, 0.5) is 0 Å². The van der Waals surface area contributed by atoms with Gasteiger partial charge in [0, 0.05) is 12.8 Å². The Bertz CT molecular complexity index is 1510. The van der Waals surface area contributed by atoms with Gasteiger partial charge in [-0.2, -0.15) is 0 Å². The van der Waals surface area contributed by atoms with E-state index in [2.05, 4.69) is 99.0 Å². The predicted octanol–water partition coefficient (Wildman–Crippen LogP) is 17.2. The predicted molar refractivity (Wildman–Crippen MR) is 307 cm³/mol. The molecule has 0 saturated heterocycles. The summed E-state index contributed by atoms with van der Waals surface area (Å²) in [5.41, 5.74) is 0. The van der Waals surface area contributed by atoms with Gasteiger partial charge in [-0.05, 0) is 102 Å². The first kappa shape index (κ1) is 69.2. The summed E-state index contributed by atoms with van der Waals surface area (Å²) in [5.74, 6) is -0.618. The third kappa shape index (κ3) is 52.1. The lowest BCUT2D eigenvalue weighted by Gasteiger charge is -2.30. The van der Waals surface area contributed by atoms with Crippen molar-refractivity contribution in [3.63, 3.8) is 0 Å². The molecule has 3 unspecified atom stereocenters. The number of carbonyl (C=O) groups is 2. The van der Waals surface area contributed by atoms with Gasteiger partial charge in [-0.3, -0.25) is 14.2 Å². The van der Waals surface area contributed by atoms with E-state index in [0.717, 1.165) is 77.0 Å². The number of likely N-dealkylation sites (N-methyl/N-ethyl adjacent to an activating group) is 1. The van der Waals surface area contributed by atoms with Gasteiger partial charge in [0.05, 0.1) is 33.8 Å². The molecule has 0 spiro atoms. The molecule has 0 aliphatic heterocycles. The zero-order valence-corrected chi connectivity index (χ0v) is 48.3. The molecule has 0 heterocycles. The van der Waals surface area contributed by atoms with Crippen molar-refractivity contribution in [1.29, 1.82) is 0 Å². The summed E-state index contributed by atoms with van der Waals surface area (Å²) in [6.07, 6.45) is 66.9. The topological polar surface area (TPSA) is 114 Å². The first-order valence-electron chi connectivity index (χ1n) is 29.4. The van der Waals surface area contributed by atoms with Crippen LogP contribution >= 0.6 is 7.82 Å². The van der Waals surface area contributed by atoms with Gasteiger partial charge in [0.2, 0.25) is 5.91 Å². The maximum atomic E-state index is 13.5. The minimum Gasteiger partial charge on any atom is -0.756 e. The molecule has 0 fully saturated rings.